The molecule has 5 fully saturated rings. The van der Waals surface area contributed by atoms with Gasteiger partial charge >= 0.3 is 0 Å². The van der Waals surface area contributed by atoms with Crippen molar-refractivity contribution in [3.05, 3.63) is 230 Å². The van der Waals surface area contributed by atoms with Crippen molar-refractivity contribution in [1.82, 2.24) is 97.7 Å². The maximum Gasteiger partial charge on any atom is 0.247 e. The fourth-order valence-corrected chi connectivity index (χ4v) is 18.4. The van der Waals surface area contributed by atoms with Gasteiger partial charge in [0.1, 0.15) is 11.0 Å². The molecule has 0 bridgehead atoms. The highest BCUT2D eigenvalue weighted by atomic mass is 16.5. The van der Waals surface area contributed by atoms with Crippen LogP contribution in [-0.4, -0.2) is 245 Å². The number of aryl methyl sites for hydroxylation is 2. The highest BCUT2D eigenvalue weighted by molar-refractivity contribution is 5.89. The Kier molecular flexibility index (Phi) is 29.8. The molecule has 0 spiro atoms. The normalized spacial score (nSPS) is 15.2. The molecule has 0 atom stereocenters. The predicted octanol–water partition coefficient (Wildman–Crippen LogP) is 19.8. The number of benzene rings is 8. The molecule has 726 valence electrons. The summed E-state index contributed by atoms with van der Waals surface area (Å²) in [6, 6.07) is 75.2. The molecule has 16 aromatic rings. The number of likely N-dealkylation sites (N-methyl/N-ethyl adjacent to an activating group) is 4. The molecule has 21 rings (SSSR count). The molecule has 8 aromatic carbocycles. The molecule has 1 aliphatic carbocycles. The van der Waals surface area contributed by atoms with E-state index in [0.29, 0.717) is 58.6 Å². The Hall–Kier alpha value is -15.0. The van der Waals surface area contributed by atoms with Crippen LogP contribution in [0.1, 0.15) is 103 Å². The third kappa shape index (κ3) is 22.7. The number of hydrogen-bond acceptors (Lipinski definition) is 30. The van der Waals surface area contributed by atoms with E-state index in [-0.39, 0.29) is 18.1 Å². The molecule has 1 saturated carbocycles. The SMILES string of the molecule is CNc1nc(Nc2ccc(N3CCN(C)CC3)cc2)nc2c1nc(Nc1ccccc1)n2C(C)C.COc1nc(Nc2ccc(N3CCN(C)CC3)cc2)nc2c1nc(Nc1ccccc1)n2C(C)C.Cc1nc(Nc2ccc(N3CCN(C)CC3)cc2)nc2c1nc(Nc1ccccc1)n2C(C)C.Cc1nc(Nc2ccc(N3CCN(C)CC3)cc2)nc2c1nc(Nc1ccccc1)n2C1CCCC1. The van der Waals surface area contributed by atoms with Crippen molar-refractivity contribution in [3.8, 4) is 5.88 Å². The highest BCUT2D eigenvalue weighted by Gasteiger charge is 2.30. The largest absolute Gasteiger partial charge is 0.479 e. The quantitative estimate of drug-likeness (QED) is 0.0243. The lowest BCUT2D eigenvalue weighted by Crippen LogP contribution is -2.44. The number of piperazine rings is 4. The number of methoxy groups -OCH3 is 1. The van der Waals surface area contributed by atoms with Gasteiger partial charge in [-0.2, -0.15) is 29.9 Å². The first kappa shape index (κ1) is 95.3. The zero-order valence-corrected chi connectivity index (χ0v) is 82.9. The summed E-state index contributed by atoms with van der Waals surface area (Å²) in [7, 11) is 12.2. The maximum atomic E-state index is 5.61. The number of nitrogens with one attached hydrogen (secondary N) is 9. The standard InChI is InChI=1S/C28H34N8.C26H33N9.C26H32N8O.C26H32N8/c1-20-25-26(36(24-10-6-7-11-24)28(32-25)31-21-8-4-3-5-9-21)33-27(29-20)30-22-12-14-23(15-13-22)35-18-16-34(2)17-19-35;1-18(2)35-24-22(30-26(35)29-19-8-6-5-7-9-19)23(27-3)31-25(32-24)28-20-10-12-21(13-11-20)34-16-14-33(4)15-17-34;1-18(2)34-23-22(29-26(34)28-19-8-6-5-7-9-19)24(35-4)31-25(30-23)27-20-10-12-21(13-11-20)33-16-14-32(3)15-17-33;1-18(2)34-24-23(30-26(34)29-20-8-6-5-7-9-20)19(3)27-25(31-24)28-21-10-12-22(13-11-21)33-16-14-32(4)15-17-33/h3-5,8-9,12-15,24H,6-7,10-11,16-19H2,1-2H3,(H,31,32)(H,29,30,33);5-13,18H,14-17H2,1-4H3,(H,29,30)(H2,27,28,31,32);5-13,18H,14-17H2,1-4H3,(H,28,29)(H,27,30,31);5-13,18H,14-17H2,1-4H3,(H,29,30)(H,27,28,31). The second-order valence-electron chi connectivity index (χ2n) is 37.4. The molecule has 34 heteroatoms. The summed E-state index contributed by atoms with van der Waals surface area (Å²) in [5.74, 6) is 6.34. The molecular formula is C106H131N33O. The van der Waals surface area contributed by atoms with Gasteiger partial charge in [0.2, 0.25) is 53.5 Å². The lowest BCUT2D eigenvalue weighted by Gasteiger charge is -2.34. The molecule has 140 heavy (non-hydrogen) atoms. The van der Waals surface area contributed by atoms with E-state index in [1.165, 1.54) is 35.6 Å². The van der Waals surface area contributed by atoms with E-state index in [0.717, 1.165) is 226 Å². The van der Waals surface area contributed by atoms with E-state index in [1.54, 1.807) is 7.11 Å². The minimum absolute atomic E-state index is 0.126. The Balaban J connectivity index is 0.000000124. The number of ether oxygens (including phenoxy) is 1. The van der Waals surface area contributed by atoms with Crippen LogP contribution in [0.3, 0.4) is 0 Å². The van der Waals surface area contributed by atoms with Crippen molar-refractivity contribution in [2.24, 2.45) is 0 Å². The lowest BCUT2D eigenvalue weighted by atomic mass is 10.2. The molecule has 34 nitrogen and oxygen atoms in total. The van der Waals surface area contributed by atoms with Gasteiger partial charge in [0, 0.05) is 204 Å². The fraction of sp³-hybridized carbons (Fsp3) is 0.358. The zero-order chi connectivity index (χ0) is 96.9. The van der Waals surface area contributed by atoms with Crippen LogP contribution in [0.15, 0.2) is 218 Å². The fourth-order valence-electron chi connectivity index (χ4n) is 18.4. The van der Waals surface area contributed by atoms with Gasteiger partial charge < -0.3 is 91.8 Å². The van der Waals surface area contributed by atoms with E-state index in [1.807, 2.05) is 130 Å². The minimum atomic E-state index is 0.126. The Morgan fingerprint density at radius 1 is 0.279 bits per heavy atom. The second-order valence-corrected chi connectivity index (χ2v) is 37.4. The van der Waals surface area contributed by atoms with E-state index in [2.05, 4.69) is 289 Å². The van der Waals surface area contributed by atoms with Crippen LogP contribution in [0, 0.1) is 13.8 Å². The van der Waals surface area contributed by atoms with Crippen LogP contribution in [0.25, 0.3) is 44.7 Å². The summed E-state index contributed by atoms with van der Waals surface area (Å²) in [4.78, 5) is 76.9. The van der Waals surface area contributed by atoms with Gasteiger partial charge in [-0.15, -0.1) is 0 Å². The molecule has 9 N–H and O–H groups in total. The summed E-state index contributed by atoms with van der Waals surface area (Å²) in [6.07, 6.45) is 4.77. The number of nitrogens with zero attached hydrogens (tertiary/aromatic N) is 24. The van der Waals surface area contributed by atoms with E-state index >= 15 is 0 Å². The third-order valence-electron chi connectivity index (χ3n) is 26.2. The molecule has 0 amide bonds. The summed E-state index contributed by atoms with van der Waals surface area (Å²) >= 11 is 0. The maximum absolute atomic E-state index is 5.61. The van der Waals surface area contributed by atoms with Crippen molar-refractivity contribution < 1.29 is 4.74 Å². The Bertz CT molecular complexity index is 6560. The molecule has 8 aromatic heterocycles. The summed E-state index contributed by atoms with van der Waals surface area (Å²) in [6.45, 7) is 33.9. The van der Waals surface area contributed by atoms with Crippen molar-refractivity contribution in [2.45, 2.75) is 105 Å². The van der Waals surface area contributed by atoms with Gasteiger partial charge in [-0.25, -0.2) is 29.9 Å². The van der Waals surface area contributed by atoms with E-state index in [9.17, 15) is 0 Å². The summed E-state index contributed by atoms with van der Waals surface area (Å²) in [5.41, 5.74) is 20.7. The monoisotopic (exact) mass is 1880 g/mol. The molecule has 12 heterocycles. The summed E-state index contributed by atoms with van der Waals surface area (Å²) in [5, 5.41) is 30.5. The molecule has 4 saturated heterocycles. The van der Waals surface area contributed by atoms with Gasteiger partial charge in [-0.05, 0) is 242 Å². The molecule has 5 aliphatic rings. The van der Waals surface area contributed by atoms with Crippen LogP contribution in [-0.2, 0) is 0 Å². The first-order valence-electron chi connectivity index (χ1n) is 49.0. The molecule has 0 radical (unpaired) electrons. The Morgan fingerprint density at radius 3 is 0.864 bits per heavy atom. The van der Waals surface area contributed by atoms with Gasteiger partial charge in [0.05, 0.1) is 18.5 Å². The number of aromatic nitrogens is 16. The van der Waals surface area contributed by atoms with Crippen LogP contribution >= 0.6 is 0 Å². The Morgan fingerprint density at radius 2 is 0.543 bits per heavy atom. The molecular weight excluding hydrogens is 1750 g/mol. The Labute approximate surface area is 819 Å². The van der Waals surface area contributed by atoms with Gasteiger partial charge in [0.15, 0.2) is 39.4 Å². The number of anilines is 21. The van der Waals surface area contributed by atoms with Crippen molar-refractivity contribution in [1.29, 1.82) is 0 Å². The smallest absolute Gasteiger partial charge is 0.247 e. The van der Waals surface area contributed by atoms with Crippen LogP contribution in [0.2, 0.25) is 0 Å². The number of imidazole rings is 4. The average molecular weight is 1880 g/mol. The van der Waals surface area contributed by atoms with Crippen LogP contribution in [0.5, 0.6) is 5.88 Å². The van der Waals surface area contributed by atoms with Gasteiger partial charge in [0.25, 0.3) is 0 Å². The number of para-hydroxylation sites is 4. The topological polar surface area (TPSA) is 318 Å². The summed E-state index contributed by atoms with van der Waals surface area (Å²) < 4.78 is 14.2. The number of rotatable bonds is 26. The zero-order valence-electron chi connectivity index (χ0n) is 82.9. The second kappa shape index (κ2) is 43.8. The van der Waals surface area contributed by atoms with E-state index < -0.39 is 0 Å². The number of fused-ring (bicyclic) bond motifs is 4. The molecule has 0 unspecified atom stereocenters. The third-order valence-corrected chi connectivity index (χ3v) is 26.2. The van der Waals surface area contributed by atoms with Crippen molar-refractivity contribution in [3.63, 3.8) is 0 Å². The molecule has 4 aliphatic heterocycles. The predicted molar refractivity (Wildman–Crippen MR) is 572 cm³/mol. The highest BCUT2D eigenvalue weighted by Crippen LogP contribution is 2.40. The first-order chi connectivity index (χ1) is 68.1. The number of hydrogen-bond donors (Lipinski definition) is 9. The van der Waals surface area contributed by atoms with Crippen LogP contribution in [0.4, 0.5) is 122 Å². The van der Waals surface area contributed by atoms with E-state index in [4.69, 9.17) is 59.6 Å². The van der Waals surface area contributed by atoms with Crippen molar-refractivity contribution in [2.75, 3.05) is 215 Å². The lowest BCUT2D eigenvalue weighted by molar-refractivity contribution is 0.313. The van der Waals surface area contributed by atoms with Crippen molar-refractivity contribution >= 4 is 166 Å². The van der Waals surface area contributed by atoms with Crippen LogP contribution < -0.4 is 72.2 Å². The van der Waals surface area contributed by atoms with Gasteiger partial charge in [-0.3, -0.25) is 18.3 Å². The minimum Gasteiger partial charge on any atom is -0.479 e. The van der Waals surface area contributed by atoms with Gasteiger partial charge in [-0.1, -0.05) is 85.6 Å². The first-order valence-corrected chi connectivity index (χ1v) is 49.0. The average Bonchev–Trinajstić information content (AvgIpc) is 1.62.